The van der Waals surface area contributed by atoms with Crippen LogP contribution in [0.4, 0.5) is 29.3 Å². The number of rotatable bonds is 4. The molecule has 0 aliphatic carbocycles. The van der Waals surface area contributed by atoms with Crippen LogP contribution in [0.3, 0.4) is 0 Å². The van der Waals surface area contributed by atoms with Gasteiger partial charge in [0.15, 0.2) is 0 Å². The molecule has 2 heterocycles. The molecule has 4 rings (SSSR count). The predicted octanol–water partition coefficient (Wildman–Crippen LogP) is 6.65. The van der Waals surface area contributed by atoms with Crippen LogP contribution >= 0.6 is 11.6 Å². The summed E-state index contributed by atoms with van der Waals surface area (Å²) in [4.78, 5) is 29.2. The molecule has 0 spiro atoms. The van der Waals surface area contributed by atoms with Crippen molar-refractivity contribution in [1.82, 2.24) is 4.90 Å². The summed E-state index contributed by atoms with van der Waals surface area (Å²) in [6.07, 6.45) is -2.16. The Kier molecular flexibility index (Phi) is 7.65. The number of fused-ring (bicyclic) bond motifs is 1. The van der Waals surface area contributed by atoms with Crippen LogP contribution < -0.4 is 10.2 Å². The predicted molar refractivity (Wildman–Crippen MR) is 137 cm³/mol. The second kappa shape index (κ2) is 10.4. The molecule has 1 saturated heterocycles. The van der Waals surface area contributed by atoms with E-state index < -0.39 is 29.5 Å². The lowest BCUT2D eigenvalue weighted by Crippen LogP contribution is -2.51. The van der Waals surface area contributed by atoms with E-state index in [1.165, 1.54) is 17.0 Å². The van der Waals surface area contributed by atoms with Gasteiger partial charge in [-0.25, -0.2) is 4.79 Å². The molecule has 0 radical (unpaired) electrons. The second-order valence-corrected chi connectivity index (χ2v) is 10.9. The summed E-state index contributed by atoms with van der Waals surface area (Å²) in [6, 6.07) is 8.37. The highest BCUT2D eigenvalue weighted by atomic mass is 35.5. The Bertz CT molecular complexity index is 1180. The first-order valence-electron chi connectivity index (χ1n) is 12.4. The van der Waals surface area contributed by atoms with Crippen molar-refractivity contribution in [2.24, 2.45) is 0 Å². The zero-order valence-electron chi connectivity index (χ0n) is 21.1. The number of nitrogens with one attached hydrogen (secondary N) is 1. The SMILES string of the molecule is CC(C)(C)OC(=O)N1CCCC[C@@H]1C(=O)Nc1ccc(CN2CCc3cc(C(F)(F)F)ccc32)c(Cl)c1. The number of nitrogens with zero attached hydrogens (tertiary/aromatic N) is 2. The molecular weight excluding hydrogens is 507 g/mol. The van der Waals surface area contributed by atoms with Crippen molar-refractivity contribution >= 4 is 35.0 Å². The Hall–Kier alpha value is -2.94. The molecular formula is C27H31ClF3N3O3. The molecule has 6 nitrogen and oxygen atoms in total. The van der Waals surface area contributed by atoms with Gasteiger partial charge in [-0.05, 0) is 87.9 Å². The van der Waals surface area contributed by atoms with Crippen LogP contribution in [0.5, 0.6) is 0 Å². The fourth-order valence-corrected chi connectivity index (χ4v) is 4.98. The third-order valence-corrected chi connectivity index (χ3v) is 6.87. The number of alkyl halides is 3. The molecule has 200 valence electrons. The Morgan fingerprint density at radius 2 is 1.84 bits per heavy atom. The van der Waals surface area contributed by atoms with Gasteiger partial charge in [-0.3, -0.25) is 9.69 Å². The van der Waals surface area contributed by atoms with Crippen molar-refractivity contribution in [2.75, 3.05) is 23.3 Å². The van der Waals surface area contributed by atoms with E-state index >= 15 is 0 Å². The van der Waals surface area contributed by atoms with E-state index in [1.807, 2.05) is 4.90 Å². The maximum Gasteiger partial charge on any atom is 0.416 e. The molecule has 2 aliphatic heterocycles. The number of carbonyl (C=O) groups is 2. The minimum absolute atomic E-state index is 0.302. The van der Waals surface area contributed by atoms with Crippen LogP contribution in [0.2, 0.25) is 5.02 Å². The molecule has 0 saturated carbocycles. The number of hydrogen-bond donors (Lipinski definition) is 1. The molecule has 0 aromatic heterocycles. The maximum atomic E-state index is 13.1. The van der Waals surface area contributed by atoms with Crippen molar-refractivity contribution in [1.29, 1.82) is 0 Å². The van der Waals surface area contributed by atoms with Crippen LogP contribution in [-0.2, 0) is 28.7 Å². The zero-order valence-corrected chi connectivity index (χ0v) is 21.9. The number of piperidine rings is 1. The molecule has 0 bridgehead atoms. The van der Waals surface area contributed by atoms with Crippen molar-refractivity contribution in [3.05, 3.63) is 58.1 Å². The quantitative estimate of drug-likeness (QED) is 0.474. The topological polar surface area (TPSA) is 61.9 Å². The fraction of sp³-hybridized carbons (Fsp3) is 0.481. The van der Waals surface area contributed by atoms with Crippen molar-refractivity contribution in [3.63, 3.8) is 0 Å². The Morgan fingerprint density at radius 1 is 1.08 bits per heavy atom. The van der Waals surface area contributed by atoms with Crippen LogP contribution in [0.1, 0.15) is 56.7 Å². The lowest BCUT2D eigenvalue weighted by molar-refractivity contribution is -0.137. The molecule has 1 fully saturated rings. The number of anilines is 2. The Morgan fingerprint density at radius 3 is 2.51 bits per heavy atom. The highest BCUT2D eigenvalue weighted by molar-refractivity contribution is 6.31. The van der Waals surface area contributed by atoms with E-state index in [9.17, 15) is 22.8 Å². The summed E-state index contributed by atoms with van der Waals surface area (Å²) >= 11 is 6.53. The first kappa shape index (κ1) is 27.1. The normalized spacial score (nSPS) is 18.0. The number of hydrogen-bond acceptors (Lipinski definition) is 4. The van der Waals surface area contributed by atoms with Crippen molar-refractivity contribution in [3.8, 4) is 0 Å². The summed E-state index contributed by atoms with van der Waals surface area (Å²) < 4.78 is 44.6. The number of halogens is 4. The van der Waals surface area contributed by atoms with E-state index in [-0.39, 0.29) is 5.91 Å². The summed E-state index contributed by atoms with van der Waals surface area (Å²) in [6.45, 7) is 6.83. The van der Waals surface area contributed by atoms with Crippen LogP contribution in [0, 0.1) is 0 Å². The van der Waals surface area contributed by atoms with Crippen molar-refractivity contribution < 1.29 is 27.5 Å². The molecule has 1 atom stereocenters. The number of carbonyl (C=O) groups excluding carboxylic acids is 2. The Labute approximate surface area is 219 Å². The first-order chi connectivity index (χ1) is 17.3. The van der Waals surface area contributed by atoms with E-state index in [0.717, 1.165) is 30.2 Å². The molecule has 37 heavy (non-hydrogen) atoms. The molecule has 0 unspecified atom stereocenters. The van der Waals surface area contributed by atoms with Gasteiger partial charge in [-0.2, -0.15) is 13.2 Å². The lowest BCUT2D eigenvalue weighted by Gasteiger charge is -2.35. The number of amides is 2. The van der Waals surface area contributed by atoms with E-state index in [4.69, 9.17) is 16.3 Å². The molecule has 2 aromatic carbocycles. The van der Waals surface area contributed by atoms with Gasteiger partial charge in [0.25, 0.3) is 0 Å². The monoisotopic (exact) mass is 537 g/mol. The minimum atomic E-state index is -4.37. The number of benzene rings is 2. The average Bonchev–Trinajstić information content (AvgIpc) is 3.21. The fourth-order valence-electron chi connectivity index (χ4n) is 4.74. The average molecular weight is 538 g/mol. The van der Waals surface area contributed by atoms with Gasteiger partial charge >= 0.3 is 12.3 Å². The van der Waals surface area contributed by atoms with E-state index in [1.54, 1.807) is 39.0 Å². The van der Waals surface area contributed by atoms with Gasteiger partial charge in [0.05, 0.1) is 5.56 Å². The molecule has 2 aliphatic rings. The lowest BCUT2D eigenvalue weighted by atomic mass is 10.0. The molecule has 1 N–H and O–H groups in total. The zero-order chi connectivity index (χ0) is 27.0. The highest BCUT2D eigenvalue weighted by Crippen LogP contribution is 2.37. The smallest absolute Gasteiger partial charge is 0.416 e. The van der Waals surface area contributed by atoms with E-state index in [0.29, 0.717) is 48.7 Å². The molecule has 10 heteroatoms. The summed E-state index contributed by atoms with van der Waals surface area (Å²) in [5.41, 5.74) is 1.42. The molecule has 2 amide bonds. The van der Waals surface area contributed by atoms with Crippen LogP contribution in [0.25, 0.3) is 0 Å². The van der Waals surface area contributed by atoms with Gasteiger partial charge < -0.3 is 15.0 Å². The van der Waals surface area contributed by atoms with Crippen molar-refractivity contribution in [2.45, 2.75) is 70.8 Å². The van der Waals surface area contributed by atoms with E-state index in [2.05, 4.69) is 5.32 Å². The summed E-state index contributed by atoms with van der Waals surface area (Å²) in [5.74, 6) is -0.302. The highest BCUT2D eigenvalue weighted by Gasteiger charge is 2.35. The summed E-state index contributed by atoms with van der Waals surface area (Å²) in [5, 5.41) is 3.30. The van der Waals surface area contributed by atoms with Gasteiger partial charge in [0.1, 0.15) is 11.6 Å². The third kappa shape index (κ3) is 6.50. The minimum Gasteiger partial charge on any atom is -0.444 e. The number of ether oxygens (including phenoxy) is 1. The van der Waals surface area contributed by atoms with Crippen LogP contribution in [-0.4, -0.2) is 41.6 Å². The van der Waals surface area contributed by atoms with Gasteiger partial charge in [0.2, 0.25) is 5.91 Å². The third-order valence-electron chi connectivity index (χ3n) is 6.51. The first-order valence-corrected chi connectivity index (χ1v) is 12.7. The van der Waals surface area contributed by atoms with Gasteiger partial charge in [-0.15, -0.1) is 0 Å². The number of likely N-dealkylation sites (tertiary alicyclic amines) is 1. The summed E-state index contributed by atoms with van der Waals surface area (Å²) in [7, 11) is 0. The van der Waals surface area contributed by atoms with Gasteiger partial charge in [0, 0.05) is 36.0 Å². The maximum absolute atomic E-state index is 13.1. The molecule has 2 aromatic rings. The second-order valence-electron chi connectivity index (χ2n) is 10.5. The van der Waals surface area contributed by atoms with Crippen LogP contribution in [0.15, 0.2) is 36.4 Å². The van der Waals surface area contributed by atoms with Gasteiger partial charge in [-0.1, -0.05) is 17.7 Å². The Balaban J connectivity index is 1.42. The largest absolute Gasteiger partial charge is 0.444 e. The standard InChI is InChI=1S/C27H31ClF3N3O3/c1-26(2,3)37-25(36)34-12-5-4-6-23(34)24(35)32-20-9-7-18(21(28)15-20)16-33-13-11-17-14-19(27(29,30)31)8-10-22(17)33/h7-10,14-15,23H,4-6,11-13,16H2,1-3H3,(H,32,35)/t23-/m1/s1.